The van der Waals surface area contributed by atoms with Crippen molar-refractivity contribution in [2.75, 3.05) is 6.61 Å². The molecule has 29 heavy (non-hydrogen) atoms. The average molecular weight is 424 g/mol. The van der Waals surface area contributed by atoms with Crippen LogP contribution >= 0.6 is 0 Å². The molecule has 0 aliphatic carbocycles. The largest absolute Gasteiger partial charge is 0.462 e. The zero-order valence-electron chi connectivity index (χ0n) is 16.2. The summed E-state index contributed by atoms with van der Waals surface area (Å²) in [6.45, 7) is 3.43. The van der Waals surface area contributed by atoms with E-state index in [1.165, 1.54) is 11.6 Å². The summed E-state index contributed by atoms with van der Waals surface area (Å²) in [5, 5.41) is 17.2. The van der Waals surface area contributed by atoms with E-state index in [4.69, 9.17) is 4.74 Å². The van der Waals surface area contributed by atoms with Crippen LogP contribution in [-0.2, 0) is 16.9 Å². The van der Waals surface area contributed by atoms with Crippen molar-refractivity contribution < 1.29 is 27.8 Å². The summed E-state index contributed by atoms with van der Waals surface area (Å²) >= 11 is 0.635. The van der Waals surface area contributed by atoms with Crippen molar-refractivity contribution >= 4 is 32.3 Å². The fourth-order valence-electron chi connectivity index (χ4n) is 3.16. The van der Waals surface area contributed by atoms with Crippen LogP contribution in [0.4, 0.5) is 13.2 Å². The lowest BCUT2D eigenvalue weighted by Crippen LogP contribution is -2.42. The number of esters is 1. The lowest BCUT2D eigenvalue weighted by atomic mass is 9.96. The van der Waals surface area contributed by atoms with Gasteiger partial charge in [0.1, 0.15) is 5.69 Å². The van der Waals surface area contributed by atoms with Gasteiger partial charge < -0.3 is 14.2 Å². The number of hydrogen-bond acceptors (Lipinski definition) is 5. The molecule has 7 nitrogen and oxygen atoms in total. The van der Waals surface area contributed by atoms with Gasteiger partial charge in [0, 0.05) is 11.7 Å². The van der Waals surface area contributed by atoms with Gasteiger partial charge in [0.05, 0.1) is 24.9 Å². The van der Waals surface area contributed by atoms with Crippen LogP contribution in [0.3, 0.4) is 0 Å². The van der Waals surface area contributed by atoms with Gasteiger partial charge in [-0.15, -0.1) is 5.10 Å². The molecule has 11 heteroatoms. The van der Waals surface area contributed by atoms with Crippen LogP contribution in [-0.4, -0.2) is 59.5 Å². The van der Waals surface area contributed by atoms with Crippen LogP contribution < -0.4 is 4.56 Å². The van der Waals surface area contributed by atoms with Crippen molar-refractivity contribution in [1.82, 2.24) is 19.4 Å². The van der Waals surface area contributed by atoms with Gasteiger partial charge >= 0.3 is 12.1 Å². The first-order valence-corrected chi connectivity index (χ1v) is 10.1. The van der Waals surface area contributed by atoms with Crippen molar-refractivity contribution in [3.05, 3.63) is 47.4 Å². The highest BCUT2D eigenvalue weighted by atomic mass is 27.0. The molecule has 3 aromatic rings. The monoisotopic (exact) mass is 424 g/mol. The molecule has 0 aliphatic heterocycles. The Morgan fingerprint density at radius 2 is 2.03 bits per heavy atom. The molecule has 3 rings (SSSR count). The maximum atomic E-state index is 13.2. The van der Waals surface area contributed by atoms with Gasteiger partial charge in [0.25, 0.3) is 16.3 Å². The smallest absolute Gasteiger partial charge is 0.423 e. The van der Waals surface area contributed by atoms with Gasteiger partial charge in [-0.3, -0.25) is 0 Å². The molecule has 154 valence electrons. The first kappa shape index (κ1) is 21.4. The lowest BCUT2D eigenvalue weighted by molar-refractivity contribution is -0.269. The first-order valence-electron chi connectivity index (χ1n) is 9.08. The van der Waals surface area contributed by atoms with E-state index in [2.05, 4.69) is 10.3 Å². The van der Waals surface area contributed by atoms with Crippen molar-refractivity contribution in [3.63, 3.8) is 0 Å². The third kappa shape index (κ3) is 3.90. The topological polar surface area (TPSA) is 81.6 Å². The van der Waals surface area contributed by atoms with Crippen molar-refractivity contribution in [2.45, 2.75) is 38.6 Å². The zero-order valence-corrected chi connectivity index (χ0v) is 18.2. The van der Waals surface area contributed by atoms with Crippen LogP contribution in [0.25, 0.3) is 5.52 Å². The van der Waals surface area contributed by atoms with Gasteiger partial charge in [-0.1, -0.05) is 12.1 Å². The minimum absolute atomic E-state index is 0.164. The molecule has 0 aliphatic rings. The number of ether oxygens (including phenoxy) is 1. The molecule has 3 aromatic heterocycles. The zero-order chi connectivity index (χ0) is 21.4. The maximum absolute atomic E-state index is 13.2. The first-order chi connectivity index (χ1) is 13.6. The molecular weight excluding hydrogens is 404 g/mol. The van der Waals surface area contributed by atoms with Crippen LogP contribution in [0.2, 0.25) is 0 Å². The van der Waals surface area contributed by atoms with E-state index in [-0.39, 0.29) is 19.1 Å². The Kier molecular flexibility index (Phi) is 5.76. The van der Waals surface area contributed by atoms with E-state index in [1.807, 2.05) is 10.5 Å². The van der Waals surface area contributed by atoms with Crippen molar-refractivity contribution in [3.8, 4) is 0 Å². The minimum Gasteiger partial charge on any atom is -0.462 e. The van der Waals surface area contributed by atoms with Crippen molar-refractivity contribution in [2.24, 2.45) is 0 Å². The minimum atomic E-state index is -4.85. The van der Waals surface area contributed by atoms with Crippen molar-refractivity contribution in [1.29, 1.82) is 0 Å². The molecule has 3 heterocycles. The summed E-state index contributed by atoms with van der Waals surface area (Å²) in [6, 6.07) is 5.35. The third-order valence-electron chi connectivity index (χ3n) is 4.88. The Balaban J connectivity index is 1.88. The fourth-order valence-corrected chi connectivity index (χ4v) is 3.91. The van der Waals surface area contributed by atoms with Crippen LogP contribution in [0.5, 0.6) is 0 Å². The normalized spacial score (nSPS) is 14.1. The second kappa shape index (κ2) is 7.82. The number of aliphatic hydroxyl groups is 1. The highest BCUT2D eigenvalue weighted by Crippen LogP contribution is 2.40. The number of aromatic nitrogens is 4. The molecule has 0 bridgehead atoms. The van der Waals surface area contributed by atoms with E-state index in [9.17, 15) is 23.1 Å². The Morgan fingerprint density at radius 1 is 1.31 bits per heavy atom. The summed E-state index contributed by atoms with van der Waals surface area (Å²) in [7, 11) is 0. The molecule has 0 fully saturated rings. The van der Waals surface area contributed by atoms with Gasteiger partial charge in [-0.25, -0.2) is 9.48 Å². The standard InChI is InChI=1S/C18H18F3N4O3.Al.2H/c1-3-17(27,18(19,20)21)15-11-25(23-22-15)9-12-5-6-24-10-13(8-14(24)7-12)16(26)28-4-2;;;/h5-8,11,27H,3-4,9H2,1-2H3;;;. The number of carbonyl (C=O) groups is 1. The fraction of sp³-hybridized carbons (Fsp3) is 0.389. The van der Waals surface area contributed by atoms with E-state index in [0.717, 1.165) is 21.8 Å². The van der Waals surface area contributed by atoms with Crippen LogP contribution in [0, 0.1) is 0 Å². The van der Waals surface area contributed by atoms with Crippen LogP contribution in [0.1, 0.15) is 41.9 Å². The molecule has 0 spiro atoms. The number of nitrogens with zero attached hydrogens (tertiary/aromatic N) is 4. The summed E-state index contributed by atoms with van der Waals surface area (Å²) in [5.41, 5.74) is -1.53. The van der Waals surface area contributed by atoms with Gasteiger partial charge in [0.15, 0.2) is 0 Å². The van der Waals surface area contributed by atoms with E-state index >= 15 is 0 Å². The predicted molar refractivity (Wildman–Crippen MR) is 101 cm³/mol. The predicted octanol–water partition coefficient (Wildman–Crippen LogP) is 1.17. The summed E-state index contributed by atoms with van der Waals surface area (Å²) in [5.74, 6) is -0.380. The Morgan fingerprint density at radius 3 is 2.66 bits per heavy atom. The van der Waals surface area contributed by atoms with Gasteiger partial charge in [-0.05, 0) is 41.7 Å². The summed E-state index contributed by atoms with van der Waals surface area (Å²) in [4.78, 5) is 12.1. The SMILES string of the molecule is CCOC(=O)c1cc2cc(Cn3cc(C(O)(CC)C(F)(F)F)nn3)ccn2[c]1[AlH2]. The number of rotatable bonds is 6. The maximum Gasteiger partial charge on any atom is 0.423 e. The number of pyridine rings is 1. The Hall–Kier alpha value is -2.35. The highest BCUT2D eigenvalue weighted by Gasteiger charge is 2.55. The molecule has 0 saturated carbocycles. The average Bonchev–Trinajstić information content (AvgIpc) is 3.25. The van der Waals surface area contributed by atoms with Crippen LogP contribution in [0.15, 0.2) is 30.6 Å². The molecule has 0 aromatic carbocycles. The summed E-state index contributed by atoms with van der Waals surface area (Å²) < 4.78 is 48.7. The number of fused-ring (bicyclic) bond motifs is 1. The number of hydrogen-bond donors (Lipinski definition) is 1. The Labute approximate surface area is 172 Å². The second-order valence-electron chi connectivity index (χ2n) is 6.71. The molecule has 1 atom stereocenters. The molecular formula is C18H20AlF3N4O3. The molecule has 1 N–H and O–H groups in total. The second-order valence-corrected chi connectivity index (χ2v) is 7.65. The van der Waals surface area contributed by atoms with Gasteiger partial charge in [0.2, 0.25) is 5.60 Å². The third-order valence-corrected chi connectivity index (χ3v) is 5.90. The molecule has 1 unspecified atom stereocenters. The quantitative estimate of drug-likeness (QED) is 0.475. The number of halogens is 3. The molecule has 0 amide bonds. The molecule has 0 radical (unpaired) electrons. The van der Waals surface area contributed by atoms with E-state index < -0.39 is 23.9 Å². The summed E-state index contributed by atoms with van der Waals surface area (Å²) in [6.07, 6.45) is -2.52. The lowest BCUT2D eigenvalue weighted by Gasteiger charge is -2.26. The van der Waals surface area contributed by atoms with E-state index in [1.54, 1.807) is 25.3 Å². The molecule has 0 saturated heterocycles. The van der Waals surface area contributed by atoms with E-state index in [0.29, 0.717) is 21.9 Å². The number of carbonyl (C=O) groups excluding carboxylic acids is 1. The highest BCUT2D eigenvalue weighted by molar-refractivity contribution is 6.35. The van der Waals surface area contributed by atoms with Gasteiger partial charge in [-0.2, -0.15) is 13.2 Å². The Bertz CT molecular complexity index is 1050. The number of alkyl halides is 3.